The van der Waals surface area contributed by atoms with Crippen molar-refractivity contribution < 1.29 is 19.1 Å². The molecule has 1 N–H and O–H groups in total. The predicted molar refractivity (Wildman–Crippen MR) is 93.0 cm³/mol. The quantitative estimate of drug-likeness (QED) is 0.769. The zero-order chi connectivity index (χ0) is 18.2. The standard InChI is InChI=1S/C18H18N2O4S/c1-12(17(21)20-11-16-4-3-9-25-16)24-18(22)13(2)23-15-7-5-14(10-19)6-8-15/h3-9,12-13H,11H2,1-2H3,(H,20,21)/t12-,13-/m0/s1. The summed E-state index contributed by atoms with van der Waals surface area (Å²) >= 11 is 1.54. The molecule has 0 radical (unpaired) electrons. The molecule has 2 aromatic rings. The van der Waals surface area contributed by atoms with Crippen LogP contribution in [0.4, 0.5) is 0 Å². The number of nitriles is 1. The summed E-state index contributed by atoms with van der Waals surface area (Å²) in [5, 5.41) is 13.4. The van der Waals surface area contributed by atoms with Crippen molar-refractivity contribution in [3.8, 4) is 11.8 Å². The molecule has 1 aromatic heterocycles. The third-order valence-electron chi connectivity index (χ3n) is 3.31. The van der Waals surface area contributed by atoms with Gasteiger partial charge in [-0.1, -0.05) is 6.07 Å². The van der Waals surface area contributed by atoms with Crippen molar-refractivity contribution in [1.82, 2.24) is 5.32 Å². The van der Waals surface area contributed by atoms with Crippen LogP contribution >= 0.6 is 11.3 Å². The number of benzene rings is 1. The Morgan fingerprint density at radius 1 is 1.20 bits per heavy atom. The van der Waals surface area contributed by atoms with Gasteiger partial charge in [0.1, 0.15) is 5.75 Å². The number of hydrogen-bond acceptors (Lipinski definition) is 6. The second kappa shape index (κ2) is 8.85. The maximum atomic E-state index is 12.0. The Morgan fingerprint density at radius 3 is 2.52 bits per heavy atom. The lowest BCUT2D eigenvalue weighted by Crippen LogP contribution is -2.38. The minimum Gasteiger partial charge on any atom is -0.479 e. The first-order valence-electron chi connectivity index (χ1n) is 7.67. The third kappa shape index (κ3) is 5.62. The number of thiophene rings is 1. The second-order valence-electron chi connectivity index (χ2n) is 5.27. The average molecular weight is 358 g/mol. The molecule has 0 bridgehead atoms. The number of esters is 1. The van der Waals surface area contributed by atoms with E-state index in [9.17, 15) is 9.59 Å². The van der Waals surface area contributed by atoms with Crippen LogP contribution in [0.2, 0.25) is 0 Å². The van der Waals surface area contributed by atoms with E-state index in [1.807, 2.05) is 23.6 Å². The van der Waals surface area contributed by atoms with Crippen LogP contribution < -0.4 is 10.1 Å². The number of nitrogens with one attached hydrogen (secondary N) is 1. The summed E-state index contributed by atoms with van der Waals surface area (Å²) in [6.45, 7) is 3.45. The monoisotopic (exact) mass is 358 g/mol. The fourth-order valence-electron chi connectivity index (χ4n) is 1.91. The maximum absolute atomic E-state index is 12.0. The number of nitrogens with zero attached hydrogens (tertiary/aromatic N) is 1. The van der Waals surface area contributed by atoms with Crippen molar-refractivity contribution in [1.29, 1.82) is 5.26 Å². The molecule has 1 heterocycles. The molecule has 6 nitrogen and oxygen atoms in total. The predicted octanol–water partition coefficient (Wildman–Crippen LogP) is 2.64. The van der Waals surface area contributed by atoms with E-state index < -0.39 is 18.2 Å². The Bertz CT molecular complexity index is 750. The van der Waals surface area contributed by atoms with Crippen molar-refractivity contribution in [2.45, 2.75) is 32.6 Å². The van der Waals surface area contributed by atoms with E-state index in [2.05, 4.69) is 5.32 Å². The fraction of sp³-hybridized carbons (Fsp3) is 0.278. The summed E-state index contributed by atoms with van der Waals surface area (Å²) in [6, 6.07) is 12.2. The van der Waals surface area contributed by atoms with Crippen LogP contribution in [0, 0.1) is 11.3 Å². The van der Waals surface area contributed by atoms with Gasteiger partial charge in [0, 0.05) is 4.88 Å². The van der Waals surface area contributed by atoms with Gasteiger partial charge in [-0.15, -0.1) is 11.3 Å². The van der Waals surface area contributed by atoms with E-state index in [0.717, 1.165) is 4.88 Å². The van der Waals surface area contributed by atoms with Gasteiger partial charge < -0.3 is 14.8 Å². The summed E-state index contributed by atoms with van der Waals surface area (Å²) in [7, 11) is 0. The van der Waals surface area contributed by atoms with Crippen LogP contribution in [0.25, 0.3) is 0 Å². The number of carbonyl (C=O) groups excluding carboxylic acids is 2. The van der Waals surface area contributed by atoms with E-state index in [0.29, 0.717) is 17.9 Å². The normalized spacial score (nSPS) is 12.5. The van der Waals surface area contributed by atoms with E-state index in [-0.39, 0.29) is 5.91 Å². The van der Waals surface area contributed by atoms with Crippen LogP contribution in [0.5, 0.6) is 5.75 Å². The molecule has 0 aliphatic heterocycles. The van der Waals surface area contributed by atoms with Crippen LogP contribution in [0.1, 0.15) is 24.3 Å². The smallest absolute Gasteiger partial charge is 0.347 e. The lowest BCUT2D eigenvalue weighted by Gasteiger charge is -2.17. The number of rotatable bonds is 7. The van der Waals surface area contributed by atoms with Crippen LogP contribution in [-0.2, 0) is 20.9 Å². The highest BCUT2D eigenvalue weighted by molar-refractivity contribution is 7.09. The topological polar surface area (TPSA) is 88.4 Å². The number of amides is 1. The molecule has 25 heavy (non-hydrogen) atoms. The molecule has 2 rings (SSSR count). The summed E-state index contributed by atoms with van der Waals surface area (Å²) in [4.78, 5) is 25.0. The SMILES string of the molecule is C[C@H](OC(=O)[C@H](C)Oc1ccc(C#N)cc1)C(=O)NCc1cccs1. The van der Waals surface area contributed by atoms with Gasteiger partial charge in [0.05, 0.1) is 18.2 Å². The van der Waals surface area contributed by atoms with Crippen LogP contribution in [0.3, 0.4) is 0 Å². The molecule has 0 spiro atoms. The highest BCUT2D eigenvalue weighted by Gasteiger charge is 2.23. The van der Waals surface area contributed by atoms with Crippen molar-refractivity contribution in [3.63, 3.8) is 0 Å². The minimum atomic E-state index is -0.917. The van der Waals surface area contributed by atoms with Gasteiger partial charge in [-0.2, -0.15) is 5.26 Å². The molecule has 1 amide bonds. The highest BCUT2D eigenvalue weighted by Crippen LogP contribution is 2.14. The van der Waals surface area contributed by atoms with E-state index in [1.54, 1.807) is 24.3 Å². The zero-order valence-electron chi connectivity index (χ0n) is 13.9. The van der Waals surface area contributed by atoms with E-state index in [4.69, 9.17) is 14.7 Å². The van der Waals surface area contributed by atoms with Gasteiger partial charge in [-0.3, -0.25) is 4.79 Å². The summed E-state index contributed by atoms with van der Waals surface area (Å²) < 4.78 is 10.6. The highest BCUT2D eigenvalue weighted by atomic mass is 32.1. The van der Waals surface area contributed by atoms with Gasteiger partial charge in [0.15, 0.2) is 12.2 Å². The molecule has 7 heteroatoms. The Kier molecular flexibility index (Phi) is 6.54. The van der Waals surface area contributed by atoms with Crippen LogP contribution in [-0.4, -0.2) is 24.1 Å². The molecule has 2 atom stereocenters. The van der Waals surface area contributed by atoms with Crippen LogP contribution in [0.15, 0.2) is 41.8 Å². The number of hydrogen-bond donors (Lipinski definition) is 1. The number of ether oxygens (including phenoxy) is 2. The van der Waals surface area contributed by atoms with Crippen molar-refractivity contribution in [2.24, 2.45) is 0 Å². The Morgan fingerprint density at radius 2 is 1.92 bits per heavy atom. The molecular formula is C18H18N2O4S. The molecular weight excluding hydrogens is 340 g/mol. The second-order valence-corrected chi connectivity index (χ2v) is 6.30. The van der Waals surface area contributed by atoms with Crippen molar-refractivity contribution in [2.75, 3.05) is 0 Å². The average Bonchev–Trinajstić information content (AvgIpc) is 3.13. The first-order valence-corrected chi connectivity index (χ1v) is 8.55. The summed E-state index contributed by atoms with van der Waals surface area (Å²) in [5.74, 6) is -0.561. The van der Waals surface area contributed by atoms with Gasteiger partial charge in [0.2, 0.25) is 0 Å². The molecule has 130 valence electrons. The molecule has 0 unspecified atom stereocenters. The van der Waals surface area contributed by atoms with Gasteiger partial charge in [0.25, 0.3) is 5.91 Å². The van der Waals surface area contributed by atoms with Gasteiger partial charge in [-0.05, 0) is 49.6 Å². The Balaban J connectivity index is 1.80. The largest absolute Gasteiger partial charge is 0.479 e. The molecule has 0 fully saturated rings. The van der Waals surface area contributed by atoms with E-state index in [1.165, 1.54) is 25.2 Å². The lowest BCUT2D eigenvalue weighted by atomic mass is 10.2. The number of carbonyl (C=O) groups is 2. The van der Waals surface area contributed by atoms with Crippen molar-refractivity contribution in [3.05, 3.63) is 52.2 Å². The zero-order valence-corrected chi connectivity index (χ0v) is 14.7. The molecule has 0 saturated carbocycles. The summed E-state index contributed by atoms with van der Waals surface area (Å²) in [5.41, 5.74) is 0.499. The first-order chi connectivity index (χ1) is 12.0. The maximum Gasteiger partial charge on any atom is 0.347 e. The fourth-order valence-corrected chi connectivity index (χ4v) is 2.56. The van der Waals surface area contributed by atoms with Gasteiger partial charge in [-0.25, -0.2) is 4.79 Å². The lowest BCUT2D eigenvalue weighted by molar-refractivity contribution is -0.160. The minimum absolute atomic E-state index is 0.368. The Labute approximate surface area is 150 Å². The van der Waals surface area contributed by atoms with Crippen molar-refractivity contribution >= 4 is 23.2 Å². The Hall–Kier alpha value is -2.85. The third-order valence-corrected chi connectivity index (χ3v) is 4.18. The molecule has 0 aliphatic rings. The molecule has 1 aromatic carbocycles. The molecule has 0 aliphatic carbocycles. The molecule has 0 saturated heterocycles. The van der Waals surface area contributed by atoms with E-state index >= 15 is 0 Å². The first kappa shape index (κ1) is 18.5. The van der Waals surface area contributed by atoms with Gasteiger partial charge >= 0.3 is 5.97 Å². The summed E-state index contributed by atoms with van der Waals surface area (Å²) in [6.07, 6.45) is -1.79.